The van der Waals surface area contributed by atoms with Crippen LogP contribution in [0.1, 0.15) is 38.3 Å². The highest BCUT2D eigenvalue weighted by Crippen LogP contribution is 2.36. The molecule has 0 aliphatic carbocycles. The SMILES string of the molecule is CC(C)CC1C[C@H](N)c2ccc(Br)cc2O1. The Hall–Kier alpha value is -0.540. The van der Waals surface area contributed by atoms with Crippen molar-refractivity contribution in [3.05, 3.63) is 28.2 Å². The minimum atomic E-state index is 0.112. The van der Waals surface area contributed by atoms with Crippen LogP contribution in [0.25, 0.3) is 0 Å². The largest absolute Gasteiger partial charge is 0.490 e. The number of benzene rings is 1. The van der Waals surface area contributed by atoms with Crippen LogP contribution in [-0.4, -0.2) is 6.10 Å². The molecule has 0 amide bonds. The van der Waals surface area contributed by atoms with Gasteiger partial charge in [0.1, 0.15) is 11.9 Å². The third-order valence-electron chi connectivity index (χ3n) is 2.92. The topological polar surface area (TPSA) is 35.2 Å². The van der Waals surface area contributed by atoms with Crippen molar-refractivity contribution >= 4 is 15.9 Å². The van der Waals surface area contributed by atoms with Gasteiger partial charge in [0.2, 0.25) is 0 Å². The quantitative estimate of drug-likeness (QED) is 0.899. The van der Waals surface area contributed by atoms with E-state index < -0.39 is 0 Å². The van der Waals surface area contributed by atoms with Crippen LogP contribution in [0, 0.1) is 5.92 Å². The van der Waals surface area contributed by atoms with E-state index in [1.165, 1.54) is 0 Å². The van der Waals surface area contributed by atoms with Crippen LogP contribution in [0.5, 0.6) is 5.75 Å². The van der Waals surface area contributed by atoms with Crippen molar-refractivity contribution < 1.29 is 4.74 Å². The molecule has 0 saturated heterocycles. The molecule has 0 spiro atoms. The summed E-state index contributed by atoms with van der Waals surface area (Å²) in [5, 5.41) is 0. The molecule has 16 heavy (non-hydrogen) atoms. The molecule has 0 fully saturated rings. The van der Waals surface area contributed by atoms with E-state index in [1.54, 1.807) is 0 Å². The van der Waals surface area contributed by atoms with E-state index in [0.717, 1.165) is 28.6 Å². The van der Waals surface area contributed by atoms with Gasteiger partial charge in [-0.1, -0.05) is 35.8 Å². The smallest absolute Gasteiger partial charge is 0.125 e. The molecule has 1 aliphatic heterocycles. The van der Waals surface area contributed by atoms with Gasteiger partial charge in [0.05, 0.1) is 0 Å². The van der Waals surface area contributed by atoms with Crippen LogP contribution in [0.2, 0.25) is 0 Å². The van der Waals surface area contributed by atoms with Crippen molar-refractivity contribution in [1.29, 1.82) is 0 Å². The minimum Gasteiger partial charge on any atom is -0.490 e. The summed E-state index contributed by atoms with van der Waals surface area (Å²) in [6.07, 6.45) is 2.25. The third-order valence-corrected chi connectivity index (χ3v) is 3.41. The van der Waals surface area contributed by atoms with Crippen LogP contribution in [0.4, 0.5) is 0 Å². The summed E-state index contributed by atoms with van der Waals surface area (Å²) >= 11 is 3.46. The maximum atomic E-state index is 6.17. The van der Waals surface area contributed by atoms with E-state index in [-0.39, 0.29) is 12.1 Å². The van der Waals surface area contributed by atoms with E-state index in [2.05, 4.69) is 35.8 Å². The number of hydrogen-bond donors (Lipinski definition) is 1. The zero-order chi connectivity index (χ0) is 11.7. The summed E-state index contributed by atoms with van der Waals surface area (Å²) < 4.78 is 7.03. The summed E-state index contributed by atoms with van der Waals surface area (Å²) in [4.78, 5) is 0. The fraction of sp³-hybridized carbons (Fsp3) is 0.538. The van der Waals surface area contributed by atoms with Crippen molar-refractivity contribution in [3.8, 4) is 5.75 Å². The van der Waals surface area contributed by atoms with E-state index >= 15 is 0 Å². The van der Waals surface area contributed by atoms with Gasteiger partial charge in [-0.25, -0.2) is 0 Å². The van der Waals surface area contributed by atoms with Crippen molar-refractivity contribution in [1.82, 2.24) is 0 Å². The second-order valence-electron chi connectivity index (χ2n) is 4.89. The molecule has 3 heteroatoms. The fourth-order valence-electron chi connectivity index (χ4n) is 2.22. The number of halogens is 1. The Bertz CT molecular complexity index is 378. The normalized spacial score (nSPS) is 24.1. The summed E-state index contributed by atoms with van der Waals surface area (Å²) in [6.45, 7) is 4.43. The van der Waals surface area contributed by atoms with Gasteiger partial charge in [0, 0.05) is 22.5 Å². The average molecular weight is 284 g/mol. The Kier molecular flexibility index (Phi) is 3.55. The van der Waals surface area contributed by atoms with E-state index in [0.29, 0.717) is 5.92 Å². The number of rotatable bonds is 2. The first-order valence-corrected chi connectivity index (χ1v) is 6.57. The number of fused-ring (bicyclic) bond motifs is 1. The Balaban J connectivity index is 2.20. The van der Waals surface area contributed by atoms with Crippen LogP contribution < -0.4 is 10.5 Å². The molecule has 1 heterocycles. The first-order valence-electron chi connectivity index (χ1n) is 5.78. The molecule has 2 atom stereocenters. The highest BCUT2D eigenvalue weighted by molar-refractivity contribution is 9.10. The van der Waals surface area contributed by atoms with Crippen molar-refractivity contribution in [2.75, 3.05) is 0 Å². The molecule has 1 aliphatic rings. The first-order chi connectivity index (χ1) is 7.56. The lowest BCUT2D eigenvalue weighted by Crippen LogP contribution is -2.30. The molecule has 0 saturated carbocycles. The molecule has 2 nitrogen and oxygen atoms in total. The van der Waals surface area contributed by atoms with Crippen molar-refractivity contribution in [2.24, 2.45) is 11.7 Å². The Morgan fingerprint density at radius 3 is 2.94 bits per heavy atom. The number of nitrogens with two attached hydrogens (primary N) is 1. The number of hydrogen-bond acceptors (Lipinski definition) is 2. The Morgan fingerprint density at radius 2 is 2.25 bits per heavy atom. The molecule has 2 rings (SSSR count). The summed E-state index contributed by atoms with van der Waals surface area (Å²) in [5.74, 6) is 1.59. The fourth-order valence-corrected chi connectivity index (χ4v) is 2.56. The third kappa shape index (κ3) is 2.58. The number of ether oxygens (including phenoxy) is 1. The second-order valence-corrected chi connectivity index (χ2v) is 5.81. The lowest BCUT2D eigenvalue weighted by Gasteiger charge is -2.31. The molecule has 0 bridgehead atoms. The molecule has 2 N–H and O–H groups in total. The molecule has 1 aromatic carbocycles. The lowest BCUT2D eigenvalue weighted by molar-refractivity contribution is 0.136. The molecular weight excluding hydrogens is 266 g/mol. The van der Waals surface area contributed by atoms with Gasteiger partial charge < -0.3 is 10.5 Å². The second kappa shape index (κ2) is 4.76. The van der Waals surface area contributed by atoms with Crippen LogP contribution in [-0.2, 0) is 0 Å². The van der Waals surface area contributed by atoms with Crippen LogP contribution >= 0.6 is 15.9 Å². The van der Waals surface area contributed by atoms with Gasteiger partial charge in [-0.2, -0.15) is 0 Å². The Labute approximate surface area is 105 Å². The highest BCUT2D eigenvalue weighted by Gasteiger charge is 2.26. The maximum absolute atomic E-state index is 6.17. The van der Waals surface area contributed by atoms with Gasteiger partial charge in [-0.05, 0) is 24.5 Å². The van der Waals surface area contributed by atoms with Gasteiger partial charge in [-0.15, -0.1) is 0 Å². The summed E-state index contributed by atoms with van der Waals surface area (Å²) in [6, 6.07) is 6.20. The molecule has 88 valence electrons. The van der Waals surface area contributed by atoms with Gasteiger partial charge in [0.25, 0.3) is 0 Å². The molecule has 0 aromatic heterocycles. The minimum absolute atomic E-state index is 0.112. The van der Waals surface area contributed by atoms with Gasteiger partial charge in [-0.3, -0.25) is 0 Å². The molecule has 1 unspecified atom stereocenters. The average Bonchev–Trinajstić information content (AvgIpc) is 2.15. The lowest BCUT2D eigenvalue weighted by atomic mass is 9.93. The summed E-state index contributed by atoms with van der Waals surface area (Å²) in [5.41, 5.74) is 7.30. The highest BCUT2D eigenvalue weighted by atomic mass is 79.9. The van der Waals surface area contributed by atoms with Gasteiger partial charge in [0.15, 0.2) is 0 Å². The predicted octanol–water partition coefficient (Wildman–Crippen LogP) is 3.65. The summed E-state index contributed by atoms with van der Waals surface area (Å²) in [7, 11) is 0. The van der Waals surface area contributed by atoms with E-state index in [9.17, 15) is 0 Å². The maximum Gasteiger partial charge on any atom is 0.125 e. The van der Waals surface area contributed by atoms with Crippen LogP contribution in [0.15, 0.2) is 22.7 Å². The van der Waals surface area contributed by atoms with E-state index in [4.69, 9.17) is 10.5 Å². The molecular formula is C13H18BrNO. The first kappa shape index (κ1) is 11.9. The van der Waals surface area contributed by atoms with Crippen molar-refractivity contribution in [2.45, 2.75) is 38.8 Å². The zero-order valence-corrected chi connectivity index (χ0v) is 11.3. The predicted molar refractivity (Wildman–Crippen MR) is 69.6 cm³/mol. The zero-order valence-electron chi connectivity index (χ0n) is 9.74. The Morgan fingerprint density at radius 1 is 1.50 bits per heavy atom. The van der Waals surface area contributed by atoms with Crippen molar-refractivity contribution in [3.63, 3.8) is 0 Å². The van der Waals surface area contributed by atoms with E-state index in [1.807, 2.05) is 12.1 Å². The van der Waals surface area contributed by atoms with Gasteiger partial charge >= 0.3 is 0 Å². The monoisotopic (exact) mass is 283 g/mol. The molecule has 0 radical (unpaired) electrons. The van der Waals surface area contributed by atoms with Crippen LogP contribution in [0.3, 0.4) is 0 Å². The standard InChI is InChI=1S/C13H18BrNO/c1-8(2)5-10-7-12(15)11-4-3-9(14)6-13(11)16-10/h3-4,6,8,10,12H,5,7,15H2,1-2H3/t10?,12-/m0/s1. The molecule has 1 aromatic rings.